The lowest BCUT2D eigenvalue weighted by atomic mass is 9.53. The minimum Gasteiger partial charge on any atom is -0.460 e. The van der Waals surface area contributed by atoms with Gasteiger partial charge in [0.25, 0.3) is 0 Å². The van der Waals surface area contributed by atoms with Gasteiger partial charge in [0.05, 0.1) is 9.75 Å². The maximum atomic E-state index is 12.8. The Balaban J connectivity index is 1.46. The van der Waals surface area contributed by atoms with Crippen LogP contribution in [0.25, 0.3) is 0 Å². The molecule has 0 saturated heterocycles. The summed E-state index contributed by atoms with van der Waals surface area (Å²) < 4.78 is 5.70. The van der Waals surface area contributed by atoms with Gasteiger partial charge in [-0.1, -0.05) is 12.1 Å². The number of hydrogen-bond donors (Lipinski definition) is 2. The number of carbonyl (C=O) groups excluding carboxylic acids is 1. The van der Waals surface area contributed by atoms with Crippen molar-refractivity contribution in [3.05, 3.63) is 44.8 Å². The van der Waals surface area contributed by atoms with Crippen molar-refractivity contribution in [3.8, 4) is 0 Å². The third kappa shape index (κ3) is 2.52. The van der Waals surface area contributed by atoms with Crippen LogP contribution in [0.5, 0.6) is 0 Å². The van der Waals surface area contributed by atoms with Crippen LogP contribution in [0.1, 0.15) is 35.4 Å². The van der Waals surface area contributed by atoms with Crippen molar-refractivity contribution in [1.29, 1.82) is 0 Å². The Hall–Kier alpha value is -1.21. The van der Waals surface area contributed by atoms with Crippen LogP contribution >= 0.6 is 22.7 Å². The summed E-state index contributed by atoms with van der Waals surface area (Å²) in [5.41, 5.74) is -1.32. The monoisotopic (exact) mass is 363 g/mol. The van der Waals surface area contributed by atoms with Crippen molar-refractivity contribution in [1.82, 2.24) is 5.32 Å². The first-order chi connectivity index (χ1) is 11.6. The Morgan fingerprint density at radius 3 is 2.25 bits per heavy atom. The molecule has 0 unspecified atom stereocenters. The second kappa shape index (κ2) is 5.95. The average Bonchev–Trinajstić information content (AvgIpc) is 3.20. The lowest BCUT2D eigenvalue weighted by Crippen LogP contribution is -2.57. The van der Waals surface area contributed by atoms with Crippen LogP contribution < -0.4 is 5.32 Å². The molecule has 0 atom stereocenters. The Labute approximate surface area is 149 Å². The number of esters is 1. The predicted octanol–water partition coefficient (Wildman–Crippen LogP) is 3.12. The van der Waals surface area contributed by atoms with E-state index in [1.54, 1.807) is 12.1 Å². The summed E-state index contributed by atoms with van der Waals surface area (Å²) in [5.74, 6) is -0.545. The SMILES string of the molecule is CNC1CC2(C1)CC(OC(=O)C(O)(c1cccs1)c1cccs1)C2. The minimum absolute atomic E-state index is 0.0678. The van der Waals surface area contributed by atoms with Gasteiger partial charge in [0.1, 0.15) is 6.10 Å². The zero-order chi connectivity index (χ0) is 16.8. The minimum atomic E-state index is -1.68. The van der Waals surface area contributed by atoms with Gasteiger partial charge in [0.15, 0.2) is 0 Å². The molecular formula is C18H21NO3S2. The fourth-order valence-electron chi connectivity index (χ4n) is 4.04. The zero-order valence-corrected chi connectivity index (χ0v) is 15.2. The van der Waals surface area contributed by atoms with E-state index in [0.29, 0.717) is 21.2 Å². The molecule has 2 aromatic heterocycles. The first-order valence-corrected chi connectivity index (χ1v) is 10.0. The molecule has 2 fully saturated rings. The highest BCUT2D eigenvalue weighted by molar-refractivity contribution is 7.12. The number of hydrogen-bond acceptors (Lipinski definition) is 6. The van der Waals surface area contributed by atoms with E-state index in [1.165, 1.54) is 22.7 Å². The quantitative estimate of drug-likeness (QED) is 0.802. The van der Waals surface area contributed by atoms with Crippen molar-refractivity contribution in [2.24, 2.45) is 5.41 Å². The lowest BCUT2D eigenvalue weighted by Gasteiger charge is -2.57. The van der Waals surface area contributed by atoms with Gasteiger partial charge >= 0.3 is 5.97 Å². The molecule has 6 heteroatoms. The molecule has 24 heavy (non-hydrogen) atoms. The number of rotatable bonds is 5. The number of aliphatic hydroxyl groups is 1. The summed E-state index contributed by atoms with van der Waals surface area (Å²) >= 11 is 2.75. The highest BCUT2D eigenvalue weighted by atomic mass is 32.1. The summed E-state index contributed by atoms with van der Waals surface area (Å²) in [6, 6.07) is 7.87. The molecule has 2 aliphatic carbocycles. The van der Waals surface area contributed by atoms with Crippen molar-refractivity contribution in [2.75, 3.05) is 7.05 Å². The molecule has 0 aliphatic heterocycles. The van der Waals surface area contributed by atoms with Crippen LogP contribution in [0.2, 0.25) is 0 Å². The molecule has 0 radical (unpaired) electrons. The van der Waals surface area contributed by atoms with Crippen LogP contribution in [0.15, 0.2) is 35.0 Å². The van der Waals surface area contributed by atoms with Crippen molar-refractivity contribution < 1.29 is 14.6 Å². The summed E-state index contributed by atoms with van der Waals surface area (Å²) in [6.45, 7) is 0. The zero-order valence-electron chi connectivity index (χ0n) is 13.5. The Kier molecular flexibility index (Phi) is 4.03. The Bertz CT molecular complexity index is 662. The van der Waals surface area contributed by atoms with E-state index >= 15 is 0 Å². The molecule has 0 bridgehead atoms. The second-order valence-corrected chi connectivity index (χ2v) is 8.89. The van der Waals surface area contributed by atoms with E-state index in [4.69, 9.17) is 4.74 Å². The van der Waals surface area contributed by atoms with E-state index in [-0.39, 0.29) is 6.10 Å². The normalized spacial score (nSPS) is 29.1. The van der Waals surface area contributed by atoms with Crippen molar-refractivity contribution in [3.63, 3.8) is 0 Å². The first kappa shape index (κ1) is 16.3. The van der Waals surface area contributed by atoms with Gasteiger partial charge in [0.2, 0.25) is 5.60 Å². The van der Waals surface area contributed by atoms with E-state index in [2.05, 4.69) is 5.32 Å². The second-order valence-electron chi connectivity index (χ2n) is 6.99. The van der Waals surface area contributed by atoms with E-state index in [0.717, 1.165) is 25.7 Å². The predicted molar refractivity (Wildman–Crippen MR) is 95.3 cm³/mol. The molecule has 0 amide bonds. The third-order valence-corrected chi connectivity index (χ3v) is 7.37. The molecule has 128 valence electrons. The fourth-order valence-corrected chi connectivity index (χ4v) is 5.75. The van der Waals surface area contributed by atoms with Gasteiger partial charge in [-0.25, -0.2) is 4.79 Å². The van der Waals surface area contributed by atoms with Crippen LogP contribution in [-0.2, 0) is 15.1 Å². The van der Waals surface area contributed by atoms with Gasteiger partial charge in [-0.2, -0.15) is 0 Å². The van der Waals surface area contributed by atoms with E-state index in [9.17, 15) is 9.90 Å². The summed E-state index contributed by atoms with van der Waals surface area (Å²) in [5, 5.41) is 18.2. The highest BCUT2D eigenvalue weighted by Gasteiger charge is 2.55. The molecule has 0 aromatic carbocycles. The topological polar surface area (TPSA) is 58.6 Å². The average molecular weight is 364 g/mol. The molecule has 2 aliphatic rings. The molecule has 1 spiro atoms. The molecular weight excluding hydrogens is 342 g/mol. The van der Waals surface area contributed by atoms with Crippen LogP contribution in [-0.4, -0.2) is 30.3 Å². The smallest absolute Gasteiger partial charge is 0.349 e. The number of ether oxygens (including phenoxy) is 1. The third-order valence-electron chi connectivity index (χ3n) is 5.41. The van der Waals surface area contributed by atoms with Gasteiger partial charge in [0, 0.05) is 6.04 Å². The number of thiophene rings is 2. The Morgan fingerprint density at radius 1 is 1.21 bits per heavy atom. The Morgan fingerprint density at radius 2 is 1.79 bits per heavy atom. The summed E-state index contributed by atoms with van der Waals surface area (Å²) in [4.78, 5) is 14.1. The van der Waals surface area contributed by atoms with Crippen LogP contribution in [0.3, 0.4) is 0 Å². The van der Waals surface area contributed by atoms with Crippen LogP contribution in [0.4, 0.5) is 0 Å². The molecule has 4 rings (SSSR count). The first-order valence-electron chi connectivity index (χ1n) is 8.24. The highest BCUT2D eigenvalue weighted by Crippen LogP contribution is 2.57. The molecule has 2 saturated carbocycles. The lowest BCUT2D eigenvalue weighted by molar-refractivity contribution is -0.186. The van der Waals surface area contributed by atoms with Gasteiger partial charge in [-0.3, -0.25) is 0 Å². The van der Waals surface area contributed by atoms with Crippen LogP contribution in [0, 0.1) is 5.41 Å². The van der Waals surface area contributed by atoms with Gasteiger partial charge in [-0.05, 0) is 61.0 Å². The number of carbonyl (C=O) groups is 1. The molecule has 2 N–H and O–H groups in total. The number of nitrogens with one attached hydrogen (secondary N) is 1. The summed E-state index contributed by atoms with van der Waals surface area (Å²) in [6.07, 6.45) is 4.10. The largest absolute Gasteiger partial charge is 0.460 e. The fraction of sp³-hybridized carbons (Fsp3) is 0.500. The van der Waals surface area contributed by atoms with Gasteiger partial charge in [-0.15, -0.1) is 22.7 Å². The van der Waals surface area contributed by atoms with Crippen molar-refractivity contribution >= 4 is 28.6 Å². The summed E-state index contributed by atoms with van der Waals surface area (Å²) in [7, 11) is 2.00. The van der Waals surface area contributed by atoms with Gasteiger partial charge < -0.3 is 15.2 Å². The van der Waals surface area contributed by atoms with E-state index in [1.807, 2.05) is 29.9 Å². The maximum Gasteiger partial charge on any atom is 0.349 e. The molecule has 2 heterocycles. The van der Waals surface area contributed by atoms with E-state index < -0.39 is 11.6 Å². The maximum absolute atomic E-state index is 12.8. The van der Waals surface area contributed by atoms with Crippen molar-refractivity contribution in [2.45, 2.75) is 43.4 Å². The molecule has 2 aromatic rings. The standard InChI is InChI=1S/C18H21NO3S2/c1-19-12-8-17(9-12)10-13(11-17)22-16(20)18(21,14-4-2-6-23-14)15-5-3-7-24-15/h2-7,12-13,19,21H,8-11H2,1H3. The molecule has 4 nitrogen and oxygen atoms in total.